The molecule has 2 rings (SSSR count). The summed E-state index contributed by atoms with van der Waals surface area (Å²) in [5, 5.41) is 0.342. The van der Waals surface area contributed by atoms with E-state index in [-0.39, 0.29) is 0 Å². The maximum Gasteiger partial charge on any atom is 0.299 e. The van der Waals surface area contributed by atoms with Gasteiger partial charge in [0.2, 0.25) is 0 Å². The van der Waals surface area contributed by atoms with Gasteiger partial charge in [0.1, 0.15) is 0 Å². The zero-order valence-corrected chi connectivity index (χ0v) is 11.3. The molecular formula is C13H13Cl2NO2. The number of benzene rings is 1. The van der Waals surface area contributed by atoms with Crippen LogP contribution in [0.2, 0.25) is 5.02 Å². The fraction of sp³-hybridized carbons (Fsp3) is 0.385. The number of rotatable bonds is 5. The molecule has 0 bridgehead atoms. The lowest BCUT2D eigenvalue weighted by Gasteiger charge is -2.16. The molecule has 0 saturated heterocycles. The maximum atomic E-state index is 11.9. The van der Waals surface area contributed by atoms with Crippen LogP contribution in [0.1, 0.15) is 29.6 Å². The minimum absolute atomic E-state index is 0.335. The third-order valence-corrected chi connectivity index (χ3v) is 3.55. The average molecular weight is 286 g/mol. The highest BCUT2D eigenvalue weighted by molar-refractivity contribution is 6.55. The molecule has 0 spiro atoms. The number of carbonyl (C=O) groups excluding carboxylic acids is 2. The summed E-state index contributed by atoms with van der Waals surface area (Å²) >= 11 is 11.6. The minimum Gasteiger partial charge on any atom is -0.305 e. The lowest BCUT2D eigenvalue weighted by molar-refractivity contribution is -0.114. The molecule has 0 radical (unpaired) electrons. The van der Waals surface area contributed by atoms with E-state index in [1.807, 2.05) is 0 Å². The molecule has 1 aromatic rings. The first-order valence-electron chi connectivity index (χ1n) is 5.87. The summed E-state index contributed by atoms with van der Waals surface area (Å²) in [6.07, 6.45) is 2.69. The molecule has 5 heteroatoms. The number of anilines is 1. The Morgan fingerprint density at radius 2 is 1.89 bits per heavy atom. The van der Waals surface area contributed by atoms with Crippen molar-refractivity contribution in [3.63, 3.8) is 0 Å². The normalized spacial score (nSPS) is 14.2. The summed E-state index contributed by atoms with van der Waals surface area (Å²) < 4.78 is 0. The lowest BCUT2D eigenvalue weighted by atomic mass is 10.1. The Morgan fingerprint density at radius 3 is 2.61 bits per heavy atom. The Morgan fingerprint density at radius 1 is 1.11 bits per heavy atom. The van der Waals surface area contributed by atoms with Gasteiger partial charge in [0.05, 0.1) is 16.3 Å². The molecule has 1 aliphatic rings. The number of amides is 1. The van der Waals surface area contributed by atoms with Gasteiger partial charge < -0.3 is 4.90 Å². The van der Waals surface area contributed by atoms with Gasteiger partial charge in [0.15, 0.2) is 0 Å². The van der Waals surface area contributed by atoms with Crippen LogP contribution in [-0.4, -0.2) is 24.1 Å². The predicted molar refractivity (Wildman–Crippen MR) is 72.7 cm³/mol. The Balaban J connectivity index is 2.16. The number of unbranched alkanes of at least 4 members (excludes halogenated alkanes) is 2. The van der Waals surface area contributed by atoms with Gasteiger partial charge in [0.25, 0.3) is 11.7 Å². The zero-order chi connectivity index (χ0) is 13.1. The zero-order valence-electron chi connectivity index (χ0n) is 9.79. The Hall–Kier alpha value is -1.06. The minimum atomic E-state index is -0.507. The first-order valence-corrected chi connectivity index (χ1v) is 6.78. The van der Waals surface area contributed by atoms with Crippen molar-refractivity contribution < 1.29 is 9.59 Å². The van der Waals surface area contributed by atoms with E-state index >= 15 is 0 Å². The van der Waals surface area contributed by atoms with Crippen LogP contribution in [0.4, 0.5) is 5.69 Å². The molecule has 1 aromatic carbocycles. The molecule has 3 nitrogen and oxygen atoms in total. The van der Waals surface area contributed by atoms with Crippen LogP contribution >= 0.6 is 23.2 Å². The van der Waals surface area contributed by atoms with Crippen molar-refractivity contribution in [3.05, 3.63) is 28.8 Å². The highest BCUT2D eigenvalue weighted by Crippen LogP contribution is 2.34. The van der Waals surface area contributed by atoms with Crippen LogP contribution in [0.25, 0.3) is 0 Å². The van der Waals surface area contributed by atoms with E-state index in [2.05, 4.69) is 0 Å². The van der Waals surface area contributed by atoms with Crippen LogP contribution in [0.15, 0.2) is 18.2 Å². The summed E-state index contributed by atoms with van der Waals surface area (Å²) in [5.74, 6) is -0.369. The second kappa shape index (κ2) is 5.72. The number of ketones is 1. The van der Waals surface area contributed by atoms with Crippen LogP contribution in [0.5, 0.6) is 0 Å². The second-order valence-electron chi connectivity index (χ2n) is 4.17. The van der Waals surface area contributed by atoms with Gasteiger partial charge in [-0.15, -0.1) is 11.6 Å². The molecule has 96 valence electrons. The summed E-state index contributed by atoms with van der Waals surface area (Å²) in [7, 11) is 0. The number of hydrogen-bond acceptors (Lipinski definition) is 2. The van der Waals surface area contributed by atoms with E-state index in [4.69, 9.17) is 23.2 Å². The number of carbonyl (C=O) groups is 2. The standard InChI is InChI=1S/C13H13Cl2NO2/c14-7-2-1-3-8-16-10-6-4-5-9(15)11(10)12(17)13(16)18/h4-6H,1-3,7-8H2. The first-order chi connectivity index (χ1) is 8.66. The molecule has 1 amide bonds. The monoisotopic (exact) mass is 285 g/mol. The fourth-order valence-corrected chi connectivity index (χ4v) is 2.51. The molecular weight excluding hydrogens is 273 g/mol. The molecule has 0 aromatic heterocycles. The van der Waals surface area contributed by atoms with Gasteiger partial charge >= 0.3 is 0 Å². The maximum absolute atomic E-state index is 11.9. The average Bonchev–Trinajstić information content (AvgIpc) is 2.60. The molecule has 0 unspecified atom stereocenters. The van der Waals surface area contributed by atoms with E-state index in [1.54, 1.807) is 18.2 Å². The summed E-state index contributed by atoms with van der Waals surface area (Å²) in [5.41, 5.74) is 0.963. The van der Waals surface area contributed by atoms with Gasteiger partial charge in [-0.3, -0.25) is 9.59 Å². The van der Waals surface area contributed by atoms with Crippen molar-refractivity contribution in [1.29, 1.82) is 0 Å². The first kappa shape index (κ1) is 13.4. The molecule has 1 aliphatic heterocycles. The van der Waals surface area contributed by atoms with Gasteiger partial charge in [0, 0.05) is 12.4 Å². The van der Waals surface area contributed by atoms with Gasteiger partial charge in [-0.2, -0.15) is 0 Å². The second-order valence-corrected chi connectivity index (χ2v) is 4.95. The number of halogens is 2. The molecule has 18 heavy (non-hydrogen) atoms. The van der Waals surface area contributed by atoms with Crippen molar-refractivity contribution in [1.82, 2.24) is 0 Å². The topological polar surface area (TPSA) is 37.4 Å². The Kier molecular flexibility index (Phi) is 4.25. The SMILES string of the molecule is O=C1C(=O)N(CCCCCCl)c2cccc(Cl)c21. The molecule has 1 heterocycles. The van der Waals surface area contributed by atoms with Crippen LogP contribution < -0.4 is 4.90 Å². The fourth-order valence-electron chi connectivity index (χ4n) is 2.06. The number of hydrogen-bond donors (Lipinski definition) is 0. The van der Waals surface area contributed by atoms with Crippen molar-refractivity contribution in [2.75, 3.05) is 17.3 Å². The number of nitrogens with zero attached hydrogens (tertiary/aromatic N) is 1. The van der Waals surface area contributed by atoms with E-state index in [9.17, 15) is 9.59 Å². The third-order valence-electron chi connectivity index (χ3n) is 2.96. The van der Waals surface area contributed by atoms with Gasteiger partial charge in [-0.25, -0.2) is 0 Å². The lowest BCUT2D eigenvalue weighted by Crippen LogP contribution is -2.30. The molecule has 0 atom stereocenters. The van der Waals surface area contributed by atoms with E-state index in [0.717, 1.165) is 19.3 Å². The van der Waals surface area contributed by atoms with Crippen LogP contribution in [0.3, 0.4) is 0 Å². The number of Topliss-reactive ketones (excluding diaryl/α,β-unsaturated/α-hetero) is 1. The molecule has 0 saturated carbocycles. The molecule has 0 fully saturated rings. The third kappa shape index (κ3) is 2.38. The Bertz CT molecular complexity index is 488. The van der Waals surface area contributed by atoms with Gasteiger partial charge in [-0.1, -0.05) is 24.1 Å². The predicted octanol–water partition coefficient (Wildman–Crippen LogP) is 3.28. The van der Waals surface area contributed by atoms with Crippen molar-refractivity contribution in [2.24, 2.45) is 0 Å². The highest BCUT2D eigenvalue weighted by atomic mass is 35.5. The van der Waals surface area contributed by atoms with Crippen molar-refractivity contribution in [2.45, 2.75) is 19.3 Å². The van der Waals surface area contributed by atoms with Crippen LogP contribution in [0, 0.1) is 0 Å². The van der Waals surface area contributed by atoms with Crippen LogP contribution in [-0.2, 0) is 4.79 Å². The van der Waals surface area contributed by atoms with E-state index in [0.29, 0.717) is 28.7 Å². The molecule has 0 aliphatic carbocycles. The number of fused-ring (bicyclic) bond motifs is 1. The molecule has 0 N–H and O–H groups in total. The summed E-state index contributed by atoms with van der Waals surface area (Å²) in [4.78, 5) is 25.2. The largest absolute Gasteiger partial charge is 0.305 e. The van der Waals surface area contributed by atoms with E-state index in [1.165, 1.54) is 4.90 Å². The number of alkyl halides is 1. The Labute approximate surface area is 116 Å². The quantitative estimate of drug-likeness (QED) is 0.473. The van der Waals surface area contributed by atoms with Gasteiger partial charge in [-0.05, 0) is 25.0 Å². The summed E-state index contributed by atoms with van der Waals surface area (Å²) in [6.45, 7) is 0.537. The highest BCUT2D eigenvalue weighted by Gasteiger charge is 2.36. The van der Waals surface area contributed by atoms with Crippen molar-refractivity contribution in [3.8, 4) is 0 Å². The summed E-state index contributed by atoms with van der Waals surface area (Å²) in [6, 6.07) is 5.13. The van der Waals surface area contributed by atoms with Crippen molar-refractivity contribution >= 4 is 40.6 Å². The smallest absolute Gasteiger partial charge is 0.299 e. The van der Waals surface area contributed by atoms with E-state index < -0.39 is 11.7 Å².